The molecule has 0 saturated carbocycles. The molecule has 0 N–H and O–H groups in total. The number of sulfone groups is 1. The number of ether oxygens (including phenoxy) is 1. The van der Waals surface area contributed by atoms with Crippen LogP contribution in [0.2, 0.25) is 5.28 Å². The average Bonchev–Trinajstić information content (AvgIpc) is 2.80. The Bertz CT molecular complexity index is 1030. The fourth-order valence-corrected chi connectivity index (χ4v) is 6.73. The minimum atomic E-state index is -3.43. The second-order valence-electron chi connectivity index (χ2n) is 8.66. The zero-order valence-electron chi connectivity index (χ0n) is 18.7. The molecule has 2 aromatic rings. The lowest BCUT2D eigenvalue weighted by Crippen LogP contribution is -2.48. The van der Waals surface area contributed by atoms with E-state index in [2.05, 4.69) is 38.8 Å². The van der Waals surface area contributed by atoms with Crippen molar-refractivity contribution in [3.8, 4) is 0 Å². The van der Waals surface area contributed by atoms with E-state index in [1.807, 2.05) is 24.3 Å². The first-order valence-electron chi connectivity index (χ1n) is 11.2. The van der Waals surface area contributed by atoms with Gasteiger partial charge in [0.2, 0.25) is 5.28 Å². The van der Waals surface area contributed by atoms with Gasteiger partial charge in [0, 0.05) is 38.0 Å². The molecule has 0 amide bonds. The van der Waals surface area contributed by atoms with Crippen molar-refractivity contribution in [1.82, 2.24) is 14.9 Å². The quantitative estimate of drug-likeness (QED) is 0.589. The maximum absolute atomic E-state index is 13.4. The van der Waals surface area contributed by atoms with E-state index in [1.165, 1.54) is 5.56 Å². The Balaban J connectivity index is 1.65. The summed E-state index contributed by atoms with van der Waals surface area (Å²) in [6.45, 7) is 7.84. The van der Waals surface area contributed by atoms with Gasteiger partial charge in [0.05, 0.1) is 24.9 Å². The van der Waals surface area contributed by atoms with Crippen LogP contribution in [0.1, 0.15) is 37.9 Å². The zero-order chi connectivity index (χ0) is 22.8. The summed E-state index contributed by atoms with van der Waals surface area (Å²) in [5.41, 5.74) is 1.75. The first kappa shape index (κ1) is 23.4. The van der Waals surface area contributed by atoms with Crippen LogP contribution in [0.3, 0.4) is 0 Å². The minimum absolute atomic E-state index is 0.0661. The van der Waals surface area contributed by atoms with Gasteiger partial charge in [-0.2, -0.15) is 0 Å². The molecule has 1 atom stereocenters. The molecule has 174 valence electrons. The van der Waals surface area contributed by atoms with Crippen LogP contribution < -0.4 is 4.90 Å². The van der Waals surface area contributed by atoms with Crippen LogP contribution in [0.4, 0.5) is 5.82 Å². The van der Waals surface area contributed by atoms with E-state index in [0.717, 1.165) is 6.54 Å². The van der Waals surface area contributed by atoms with Crippen molar-refractivity contribution in [2.75, 3.05) is 43.5 Å². The Morgan fingerprint density at radius 2 is 1.88 bits per heavy atom. The number of morpholine rings is 1. The lowest BCUT2D eigenvalue weighted by Gasteiger charge is -2.41. The summed E-state index contributed by atoms with van der Waals surface area (Å²) in [5, 5.41) is 0.0913. The summed E-state index contributed by atoms with van der Waals surface area (Å²) in [5.74, 6) is 0.740. The van der Waals surface area contributed by atoms with E-state index < -0.39 is 14.6 Å². The van der Waals surface area contributed by atoms with E-state index in [9.17, 15) is 8.42 Å². The van der Waals surface area contributed by atoms with Gasteiger partial charge in [-0.15, -0.1) is 0 Å². The zero-order valence-corrected chi connectivity index (χ0v) is 20.3. The smallest absolute Gasteiger partial charge is 0.224 e. The molecule has 4 rings (SSSR count). The number of benzene rings is 1. The van der Waals surface area contributed by atoms with Crippen LogP contribution in [-0.4, -0.2) is 67.9 Å². The topological polar surface area (TPSA) is 75.6 Å². The Kier molecular flexibility index (Phi) is 7.05. The third kappa shape index (κ3) is 4.64. The number of halogens is 1. The van der Waals surface area contributed by atoms with Crippen molar-refractivity contribution in [3.63, 3.8) is 0 Å². The highest BCUT2D eigenvalue weighted by Crippen LogP contribution is 2.42. The van der Waals surface area contributed by atoms with Crippen LogP contribution in [0.15, 0.2) is 36.4 Å². The van der Waals surface area contributed by atoms with Crippen LogP contribution in [0.5, 0.6) is 0 Å². The second kappa shape index (κ2) is 9.63. The number of rotatable bonds is 6. The van der Waals surface area contributed by atoms with Crippen LogP contribution >= 0.6 is 11.6 Å². The van der Waals surface area contributed by atoms with Gasteiger partial charge in [0.25, 0.3) is 0 Å². The summed E-state index contributed by atoms with van der Waals surface area (Å²) in [6.07, 6.45) is 0.975. The van der Waals surface area contributed by atoms with E-state index in [0.29, 0.717) is 57.2 Å². The molecule has 2 fully saturated rings. The van der Waals surface area contributed by atoms with Crippen molar-refractivity contribution in [1.29, 1.82) is 0 Å². The summed E-state index contributed by atoms with van der Waals surface area (Å²) in [7, 11) is -3.43. The average molecular weight is 479 g/mol. The molecular formula is C23H31ClN4O3S. The lowest BCUT2D eigenvalue weighted by atomic mass is 9.91. The number of likely N-dealkylation sites (tertiary alicyclic amines) is 1. The van der Waals surface area contributed by atoms with Gasteiger partial charge in [0.1, 0.15) is 10.6 Å². The first-order chi connectivity index (χ1) is 15.3. The van der Waals surface area contributed by atoms with Gasteiger partial charge in [-0.3, -0.25) is 4.90 Å². The van der Waals surface area contributed by atoms with Crippen molar-refractivity contribution in [3.05, 3.63) is 52.9 Å². The Morgan fingerprint density at radius 3 is 2.53 bits per heavy atom. The lowest BCUT2D eigenvalue weighted by molar-refractivity contribution is 0.0985. The van der Waals surface area contributed by atoms with Crippen molar-refractivity contribution in [2.24, 2.45) is 0 Å². The van der Waals surface area contributed by atoms with Gasteiger partial charge in [0.15, 0.2) is 9.84 Å². The summed E-state index contributed by atoms with van der Waals surface area (Å²) >= 11 is 6.34. The molecule has 0 bridgehead atoms. The molecule has 2 aliphatic rings. The molecule has 2 saturated heterocycles. The molecule has 1 aromatic carbocycles. The number of hydrogen-bond donors (Lipinski definition) is 0. The van der Waals surface area contributed by atoms with E-state index >= 15 is 0 Å². The Morgan fingerprint density at radius 1 is 1.16 bits per heavy atom. The van der Waals surface area contributed by atoms with Crippen molar-refractivity contribution < 1.29 is 13.2 Å². The summed E-state index contributed by atoms with van der Waals surface area (Å²) in [4.78, 5) is 13.3. The molecule has 3 heterocycles. The van der Waals surface area contributed by atoms with Crippen LogP contribution in [0, 0.1) is 0 Å². The van der Waals surface area contributed by atoms with Gasteiger partial charge in [-0.1, -0.05) is 37.3 Å². The fourth-order valence-electron chi connectivity index (χ4n) is 4.77. The molecule has 0 unspecified atom stereocenters. The molecule has 9 heteroatoms. The van der Waals surface area contributed by atoms with Crippen molar-refractivity contribution in [2.45, 2.75) is 44.0 Å². The monoisotopic (exact) mass is 478 g/mol. The molecule has 32 heavy (non-hydrogen) atoms. The maximum atomic E-state index is 13.4. The molecular weight excluding hydrogens is 448 g/mol. The largest absolute Gasteiger partial charge is 0.377 e. The number of aromatic nitrogens is 2. The van der Waals surface area contributed by atoms with E-state index in [-0.39, 0.29) is 17.1 Å². The second-order valence-corrected chi connectivity index (χ2v) is 11.6. The number of hydrogen-bond acceptors (Lipinski definition) is 7. The molecule has 0 spiro atoms. The van der Waals surface area contributed by atoms with E-state index in [1.54, 1.807) is 6.92 Å². The Hall–Kier alpha value is -1.74. The van der Waals surface area contributed by atoms with Gasteiger partial charge in [-0.05, 0) is 36.9 Å². The highest BCUT2D eigenvalue weighted by Gasteiger charge is 2.48. The predicted molar refractivity (Wildman–Crippen MR) is 127 cm³/mol. The molecule has 7 nitrogen and oxygen atoms in total. The normalized spacial score (nSPS) is 22.1. The standard InChI is InChI=1S/C23H31ClN4O3S/c1-3-32(29,30)23(9-11-27(12-10-23)16-19-7-5-4-6-8-19)20-15-21(26-22(24)25-20)28-13-14-31-17-18(28)2/h4-8,15,18H,3,9-14,16-17H2,1-2H3/t18-/m1/s1. The van der Waals surface area contributed by atoms with Crippen molar-refractivity contribution >= 4 is 27.3 Å². The van der Waals surface area contributed by atoms with E-state index in [4.69, 9.17) is 16.3 Å². The Labute approximate surface area is 195 Å². The third-order valence-electron chi connectivity index (χ3n) is 6.70. The minimum Gasteiger partial charge on any atom is -0.377 e. The van der Waals surface area contributed by atoms with Gasteiger partial charge >= 0.3 is 0 Å². The number of nitrogens with zero attached hydrogens (tertiary/aromatic N) is 4. The maximum Gasteiger partial charge on any atom is 0.224 e. The van der Waals surface area contributed by atoms with Gasteiger partial charge in [-0.25, -0.2) is 18.4 Å². The first-order valence-corrected chi connectivity index (χ1v) is 13.3. The summed E-state index contributed by atoms with van der Waals surface area (Å²) < 4.78 is 31.4. The number of anilines is 1. The third-order valence-corrected chi connectivity index (χ3v) is 9.44. The number of piperidine rings is 1. The fraction of sp³-hybridized carbons (Fsp3) is 0.565. The molecule has 0 aliphatic carbocycles. The predicted octanol–water partition coefficient (Wildman–Crippen LogP) is 3.28. The van der Waals surface area contributed by atoms with Crippen LogP contribution in [-0.2, 0) is 25.9 Å². The van der Waals surface area contributed by atoms with Gasteiger partial charge < -0.3 is 9.64 Å². The molecule has 2 aliphatic heterocycles. The molecule has 0 radical (unpaired) electrons. The highest BCUT2D eigenvalue weighted by molar-refractivity contribution is 7.92. The molecule has 1 aromatic heterocycles. The van der Waals surface area contributed by atoms with Crippen LogP contribution in [0.25, 0.3) is 0 Å². The SMILES string of the molecule is CCS(=O)(=O)C1(c2cc(N3CCOC[C@H]3C)nc(Cl)n2)CCN(Cc2ccccc2)CC1. The summed E-state index contributed by atoms with van der Waals surface area (Å²) in [6, 6.07) is 12.2. The highest BCUT2D eigenvalue weighted by atomic mass is 35.5.